The van der Waals surface area contributed by atoms with Crippen molar-refractivity contribution < 1.29 is 4.39 Å². The maximum Gasteiger partial charge on any atom is 0.196 e. The molecule has 0 fully saturated rings. The van der Waals surface area contributed by atoms with Gasteiger partial charge in [-0.1, -0.05) is 42.2 Å². The van der Waals surface area contributed by atoms with Crippen molar-refractivity contribution >= 4 is 17.0 Å². The van der Waals surface area contributed by atoms with Crippen molar-refractivity contribution in [2.75, 3.05) is 0 Å². The molecule has 5 heteroatoms. The van der Waals surface area contributed by atoms with Gasteiger partial charge in [0.15, 0.2) is 5.13 Å². The van der Waals surface area contributed by atoms with Crippen LogP contribution in [0.5, 0.6) is 0 Å². The van der Waals surface area contributed by atoms with Gasteiger partial charge in [-0.2, -0.15) is 4.39 Å². The zero-order valence-corrected chi connectivity index (χ0v) is 9.00. The number of aromatic nitrogens is 1. The van der Waals surface area contributed by atoms with Crippen LogP contribution in [0.2, 0.25) is 0 Å². The van der Waals surface area contributed by atoms with E-state index >= 15 is 0 Å². The largest absolute Gasteiger partial charge is 0.241 e. The fourth-order valence-electron chi connectivity index (χ4n) is 1.35. The van der Waals surface area contributed by atoms with Crippen LogP contribution in [-0.2, 0) is 0 Å². The van der Waals surface area contributed by atoms with Gasteiger partial charge in [0.25, 0.3) is 0 Å². The van der Waals surface area contributed by atoms with Gasteiger partial charge in [-0.3, -0.25) is 0 Å². The predicted octanol–water partition coefficient (Wildman–Crippen LogP) is 3.69. The van der Waals surface area contributed by atoms with Crippen LogP contribution in [0, 0.1) is 10.0 Å². The summed E-state index contributed by atoms with van der Waals surface area (Å²) in [5.41, 5.74) is 1.36. The van der Waals surface area contributed by atoms with E-state index in [-0.39, 0.29) is 10.8 Å². The summed E-state index contributed by atoms with van der Waals surface area (Å²) in [5, 5.41) is 2.94. The highest BCUT2D eigenvalue weighted by Crippen LogP contribution is 2.31. The van der Waals surface area contributed by atoms with Crippen LogP contribution >= 0.6 is 11.3 Å². The standard InChI is InChI=1S/C11H7FN2OS/c1-7(14-15)8-4-2-3-5-9(8)11-13-6-10(12)16-11/h2-6H,1H2. The quantitative estimate of drug-likeness (QED) is 0.760. The Morgan fingerprint density at radius 2 is 2.19 bits per heavy atom. The van der Waals surface area contributed by atoms with Gasteiger partial charge in [-0.15, -0.1) is 4.91 Å². The Hall–Kier alpha value is -1.88. The highest BCUT2D eigenvalue weighted by Gasteiger charge is 2.11. The zero-order valence-electron chi connectivity index (χ0n) is 8.18. The first-order chi connectivity index (χ1) is 7.72. The molecule has 3 nitrogen and oxygen atoms in total. The number of hydrogen-bond donors (Lipinski definition) is 0. The highest BCUT2D eigenvalue weighted by atomic mass is 32.1. The van der Waals surface area contributed by atoms with Gasteiger partial charge < -0.3 is 0 Å². The van der Waals surface area contributed by atoms with E-state index in [0.717, 1.165) is 17.5 Å². The van der Waals surface area contributed by atoms with Crippen molar-refractivity contribution in [3.63, 3.8) is 0 Å². The minimum Gasteiger partial charge on any atom is -0.241 e. The minimum atomic E-state index is -0.366. The molecule has 1 aromatic carbocycles. The molecule has 80 valence electrons. The average Bonchev–Trinajstić information content (AvgIpc) is 2.75. The summed E-state index contributed by atoms with van der Waals surface area (Å²) in [4.78, 5) is 14.4. The van der Waals surface area contributed by atoms with E-state index in [1.165, 1.54) is 0 Å². The maximum atomic E-state index is 12.9. The maximum absolute atomic E-state index is 12.9. The first-order valence-corrected chi connectivity index (χ1v) is 5.27. The Kier molecular flexibility index (Phi) is 2.87. The summed E-state index contributed by atoms with van der Waals surface area (Å²) in [5.74, 6) is 0. The van der Waals surface area contributed by atoms with Crippen molar-refractivity contribution in [1.29, 1.82) is 0 Å². The number of thiazole rings is 1. The van der Waals surface area contributed by atoms with E-state index in [9.17, 15) is 9.30 Å². The molecule has 1 heterocycles. The second-order valence-corrected chi connectivity index (χ2v) is 4.03. The third kappa shape index (κ3) is 1.90. The van der Waals surface area contributed by atoms with Crippen molar-refractivity contribution in [3.8, 4) is 10.6 Å². The highest BCUT2D eigenvalue weighted by molar-refractivity contribution is 7.13. The molecule has 0 aliphatic carbocycles. The van der Waals surface area contributed by atoms with Crippen molar-refractivity contribution in [1.82, 2.24) is 4.98 Å². The molecule has 2 rings (SSSR count). The molecule has 0 aliphatic rings. The molecule has 16 heavy (non-hydrogen) atoms. The van der Waals surface area contributed by atoms with E-state index in [2.05, 4.69) is 16.7 Å². The van der Waals surface area contributed by atoms with Crippen LogP contribution in [-0.4, -0.2) is 4.98 Å². The lowest BCUT2D eigenvalue weighted by Gasteiger charge is -2.03. The number of hydrogen-bond acceptors (Lipinski definition) is 4. The third-order valence-corrected chi connectivity index (χ3v) is 2.88. The van der Waals surface area contributed by atoms with Gasteiger partial charge in [0.05, 0.1) is 6.20 Å². The van der Waals surface area contributed by atoms with Gasteiger partial charge in [0.2, 0.25) is 0 Å². The molecular formula is C11H7FN2OS. The molecule has 0 aliphatic heterocycles. The van der Waals surface area contributed by atoms with Gasteiger partial charge in [-0.05, 0) is 5.18 Å². The van der Waals surface area contributed by atoms with Crippen LogP contribution in [0.15, 0.2) is 42.2 Å². The van der Waals surface area contributed by atoms with Crippen LogP contribution in [0.3, 0.4) is 0 Å². The van der Waals surface area contributed by atoms with E-state index in [1.807, 2.05) is 0 Å². The van der Waals surface area contributed by atoms with Crippen LogP contribution < -0.4 is 0 Å². The molecule has 0 amide bonds. The SMILES string of the molecule is C=C(N=O)c1ccccc1-c1ncc(F)s1. The number of nitroso groups, excluding NO2 is 1. The molecule has 0 unspecified atom stereocenters. The monoisotopic (exact) mass is 234 g/mol. The number of nitrogens with zero attached hydrogens (tertiary/aromatic N) is 2. The number of rotatable bonds is 3. The second-order valence-electron chi connectivity index (χ2n) is 3.05. The molecule has 0 atom stereocenters. The fourth-order valence-corrected chi connectivity index (χ4v) is 2.03. The van der Waals surface area contributed by atoms with E-state index in [4.69, 9.17) is 0 Å². The van der Waals surface area contributed by atoms with Crippen LogP contribution in [0.1, 0.15) is 5.56 Å². The topological polar surface area (TPSA) is 42.3 Å². The van der Waals surface area contributed by atoms with Crippen molar-refractivity contribution in [2.24, 2.45) is 5.18 Å². The summed E-state index contributed by atoms with van der Waals surface area (Å²) < 4.78 is 12.9. The van der Waals surface area contributed by atoms with Gasteiger partial charge >= 0.3 is 0 Å². The van der Waals surface area contributed by atoms with Crippen LogP contribution in [0.4, 0.5) is 4.39 Å². The Bertz CT molecular complexity index is 550. The van der Waals surface area contributed by atoms with E-state index in [0.29, 0.717) is 16.1 Å². The summed E-state index contributed by atoms with van der Waals surface area (Å²) in [6, 6.07) is 7.01. The Labute approximate surface area is 95.2 Å². The van der Waals surface area contributed by atoms with Crippen molar-refractivity contribution in [2.45, 2.75) is 0 Å². The summed E-state index contributed by atoms with van der Waals surface area (Å²) in [7, 11) is 0. The first kappa shape index (κ1) is 10.6. The molecule has 0 N–H and O–H groups in total. The first-order valence-electron chi connectivity index (χ1n) is 4.45. The normalized spacial score (nSPS) is 10.1. The summed E-state index contributed by atoms with van der Waals surface area (Å²) in [6.07, 6.45) is 1.15. The van der Waals surface area contributed by atoms with E-state index < -0.39 is 0 Å². The molecular weight excluding hydrogens is 227 g/mol. The molecule has 0 radical (unpaired) electrons. The summed E-state index contributed by atoms with van der Waals surface area (Å²) >= 11 is 0.920. The fraction of sp³-hybridized carbons (Fsp3) is 0. The van der Waals surface area contributed by atoms with Gasteiger partial charge in [-0.25, -0.2) is 4.98 Å². The van der Waals surface area contributed by atoms with Crippen LogP contribution in [0.25, 0.3) is 16.3 Å². The summed E-state index contributed by atoms with van der Waals surface area (Å²) in [6.45, 7) is 3.54. The van der Waals surface area contributed by atoms with E-state index in [1.54, 1.807) is 24.3 Å². The number of halogens is 1. The Morgan fingerprint density at radius 3 is 2.81 bits per heavy atom. The molecule has 0 bridgehead atoms. The number of benzene rings is 1. The molecule has 1 aromatic heterocycles. The lowest BCUT2D eigenvalue weighted by molar-refractivity contribution is 0.653. The zero-order chi connectivity index (χ0) is 11.5. The van der Waals surface area contributed by atoms with Gasteiger partial charge in [0, 0.05) is 11.1 Å². The Morgan fingerprint density at radius 1 is 1.44 bits per heavy atom. The predicted molar refractivity (Wildman–Crippen MR) is 62.3 cm³/mol. The Balaban J connectivity index is 2.56. The molecule has 0 saturated heterocycles. The van der Waals surface area contributed by atoms with Crippen molar-refractivity contribution in [3.05, 3.63) is 52.6 Å². The lowest BCUT2D eigenvalue weighted by Crippen LogP contribution is -1.85. The molecule has 2 aromatic rings. The average molecular weight is 234 g/mol. The molecule has 0 saturated carbocycles. The second kappa shape index (κ2) is 4.32. The minimum absolute atomic E-state index is 0.117. The third-order valence-electron chi connectivity index (χ3n) is 2.06. The smallest absolute Gasteiger partial charge is 0.196 e. The molecule has 0 spiro atoms. The van der Waals surface area contributed by atoms with Gasteiger partial charge in [0.1, 0.15) is 10.7 Å². The lowest BCUT2D eigenvalue weighted by atomic mass is 10.1.